The Kier molecular flexibility index (Phi) is 4.45. The maximum Gasteiger partial charge on any atom is 0.310 e. The largest absolute Gasteiger partial charge is 0.469 e. The molecule has 94 valence electrons. The van der Waals surface area contributed by atoms with E-state index in [4.69, 9.17) is 5.73 Å². The summed E-state index contributed by atoms with van der Waals surface area (Å²) in [5.41, 5.74) is 4.34. The zero-order chi connectivity index (χ0) is 13.0. The van der Waals surface area contributed by atoms with Crippen molar-refractivity contribution in [2.24, 2.45) is 5.73 Å². The summed E-state index contributed by atoms with van der Waals surface area (Å²) in [6.07, 6.45) is -2.67. The summed E-state index contributed by atoms with van der Waals surface area (Å²) in [5.74, 6) is -1.58. The van der Waals surface area contributed by atoms with Crippen molar-refractivity contribution in [3.8, 4) is 0 Å². The number of aromatic nitrogens is 1. The molecular formula is C10H11F3N2O2. The number of carbonyl (C=O) groups excluding carboxylic acids is 1. The first kappa shape index (κ1) is 13.4. The number of rotatable bonds is 4. The molecule has 0 amide bonds. The average Bonchev–Trinajstić information content (AvgIpc) is 2.30. The second kappa shape index (κ2) is 5.62. The van der Waals surface area contributed by atoms with Gasteiger partial charge in [0.05, 0.1) is 19.7 Å². The number of methoxy groups -OCH3 is 1. The molecule has 17 heavy (non-hydrogen) atoms. The van der Waals surface area contributed by atoms with Crippen molar-refractivity contribution < 1.29 is 22.7 Å². The van der Waals surface area contributed by atoms with Crippen LogP contribution in [0.2, 0.25) is 0 Å². The van der Waals surface area contributed by atoms with Crippen molar-refractivity contribution in [1.82, 2.24) is 4.98 Å². The third-order valence-corrected chi connectivity index (χ3v) is 2.24. The number of hydrogen-bond acceptors (Lipinski definition) is 4. The second-order valence-electron chi connectivity index (χ2n) is 3.21. The van der Waals surface area contributed by atoms with E-state index in [0.717, 1.165) is 7.11 Å². The van der Waals surface area contributed by atoms with Crippen molar-refractivity contribution in [1.29, 1.82) is 0 Å². The van der Waals surface area contributed by atoms with Crippen molar-refractivity contribution in [2.75, 3.05) is 7.11 Å². The van der Waals surface area contributed by atoms with Gasteiger partial charge in [-0.25, -0.2) is 13.2 Å². The second-order valence-corrected chi connectivity index (χ2v) is 3.21. The first-order valence-electron chi connectivity index (χ1n) is 4.72. The highest BCUT2D eigenvalue weighted by Gasteiger charge is 2.21. The molecule has 0 atom stereocenters. The summed E-state index contributed by atoms with van der Waals surface area (Å²) in [7, 11) is 1.12. The van der Waals surface area contributed by atoms with Crippen LogP contribution in [0.3, 0.4) is 0 Å². The molecule has 0 aliphatic rings. The Morgan fingerprint density at radius 1 is 1.53 bits per heavy atom. The van der Waals surface area contributed by atoms with Gasteiger partial charge in [0.15, 0.2) is 0 Å². The lowest BCUT2D eigenvalue weighted by Crippen LogP contribution is -2.15. The molecule has 0 aromatic carbocycles. The zero-order valence-electron chi connectivity index (χ0n) is 9.04. The van der Waals surface area contributed by atoms with Gasteiger partial charge in [-0.1, -0.05) is 0 Å². The molecule has 2 N–H and O–H groups in total. The molecule has 0 spiro atoms. The molecule has 4 nitrogen and oxygen atoms in total. The van der Waals surface area contributed by atoms with E-state index in [1.165, 1.54) is 0 Å². The molecule has 0 radical (unpaired) electrons. The molecule has 0 unspecified atom stereocenters. The Hall–Kier alpha value is -1.63. The van der Waals surface area contributed by atoms with E-state index in [-0.39, 0.29) is 17.7 Å². The van der Waals surface area contributed by atoms with Gasteiger partial charge in [0.1, 0.15) is 11.5 Å². The lowest BCUT2D eigenvalue weighted by Gasteiger charge is -2.12. The highest BCUT2D eigenvalue weighted by atomic mass is 19.3. The normalized spacial score (nSPS) is 10.7. The van der Waals surface area contributed by atoms with Gasteiger partial charge in [-0.3, -0.25) is 9.78 Å². The summed E-state index contributed by atoms with van der Waals surface area (Å²) in [6, 6.07) is 0. The smallest absolute Gasteiger partial charge is 0.310 e. The summed E-state index contributed by atoms with van der Waals surface area (Å²) >= 11 is 0. The molecule has 1 aromatic rings. The third-order valence-electron chi connectivity index (χ3n) is 2.24. The molecule has 1 heterocycles. The monoisotopic (exact) mass is 248 g/mol. The SMILES string of the molecule is COC(=O)Cc1c(F)cnc(C(F)F)c1CN. The average molecular weight is 248 g/mol. The Labute approximate surface area is 95.6 Å². The quantitative estimate of drug-likeness (QED) is 0.816. The molecule has 0 saturated heterocycles. The summed E-state index contributed by atoms with van der Waals surface area (Å²) in [4.78, 5) is 14.3. The van der Waals surface area contributed by atoms with Gasteiger partial charge < -0.3 is 10.5 Å². The van der Waals surface area contributed by atoms with E-state index in [1.807, 2.05) is 0 Å². The van der Waals surface area contributed by atoms with E-state index < -0.39 is 30.3 Å². The van der Waals surface area contributed by atoms with Gasteiger partial charge in [-0.05, 0) is 5.56 Å². The lowest BCUT2D eigenvalue weighted by atomic mass is 10.0. The predicted molar refractivity (Wildman–Crippen MR) is 52.8 cm³/mol. The first-order valence-corrected chi connectivity index (χ1v) is 4.72. The topological polar surface area (TPSA) is 65.2 Å². The van der Waals surface area contributed by atoms with Crippen LogP contribution in [0.5, 0.6) is 0 Å². The first-order chi connectivity index (χ1) is 8.01. The molecule has 7 heteroatoms. The molecule has 0 bridgehead atoms. The Balaban J connectivity index is 3.25. The van der Waals surface area contributed by atoms with E-state index in [9.17, 15) is 18.0 Å². The number of halogens is 3. The number of alkyl halides is 2. The molecule has 0 aliphatic heterocycles. The number of nitrogens with zero attached hydrogens (tertiary/aromatic N) is 1. The fourth-order valence-corrected chi connectivity index (χ4v) is 1.40. The minimum Gasteiger partial charge on any atom is -0.469 e. The van der Waals surface area contributed by atoms with Crippen LogP contribution in [0.4, 0.5) is 13.2 Å². The Morgan fingerprint density at radius 2 is 2.18 bits per heavy atom. The van der Waals surface area contributed by atoms with Crippen LogP contribution < -0.4 is 5.73 Å². The van der Waals surface area contributed by atoms with Crippen LogP contribution in [0.25, 0.3) is 0 Å². The van der Waals surface area contributed by atoms with Gasteiger partial charge >= 0.3 is 5.97 Å². The molecule has 1 rings (SSSR count). The van der Waals surface area contributed by atoms with Crippen LogP contribution in [-0.4, -0.2) is 18.1 Å². The molecule has 0 aliphatic carbocycles. The Morgan fingerprint density at radius 3 is 2.65 bits per heavy atom. The number of ether oxygens (including phenoxy) is 1. The van der Waals surface area contributed by atoms with E-state index >= 15 is 0 Å². The van der Waals surface area contributed by atoms with Crippen molar-refractivity contribution in [3.05, 3.63) is 28.8 Å². The van der Waals surface area contributed by atoms with Crippen LogP contribution >= 0.6 is 0 Å². The minimum absolute atomic E-state index is 0.148. The maximum absolute atomic E-state index is 13.4. The highest BCUT2D eigenvalue weighted by molar-refractivity contribution is 5.73. The number of hydrogen-bond donors (Lipinski definition) is 1. The zero-order valence-corrected chi connectivity index (χ0v) is 9.04. The van der Waals surface area contributed by atoms with Crippen LogP contribution in [0.15, 0.2) is 6.20 Å². The van der Waals surface area contributed by atoms with Gasteiger partial charge in [0.25, 0.3) is 6.43 Å². The van der Waals surface area contributed by atoms with Crippen LogP contribution in [-0.2, 0) is 22.5 Å². The predicted octanol–water partition coefficient (Wildman–Crippen LogP) is 1.33. The van der Waals surface area contributed by atoms with E-state index in [1.54, 1.807) is 0 Å². The molecular weight excluding hydrogens is 237 g/mol. The number of esters is 1. The third kappa shape index (κ3) is 2.94. The Bertz CT molecular complexity index is 424. The van der Waals surface area contributed by atoms with E-state index in [2.05, 4.69) is 9.72 Å². The van der Waals surface area contributed by atoms with Crippen LogP contribution in [0.1, 0.15) is 23.2 Å². The summed E-state index contributed by atoms with van der Waals surface area (Å²) in [5, 5.41) is 0. The standard InChI is InChI=1S/C10H11F3N2O2/c1-17-8(16)2-5-6(3-14)9(10(12)13)15-4-7(5)11/h4,10H,2-3,14H2,1H3. The maximum atomic E-state index is 13.4. The highest BCUT2D eigenvalue weighted by Crippen LogP contribution is 2.25. The van der Waals surface area contributed by atoms with Gasteiger partial charge in [-0.15, -0.1) is 0 Å². The number of nitrogens with two attached hydrogens (primary N) is 1. The van der Waals surface area contributed by atoms with Gasteiger partial charge in [0.2, 0.25) is 0 Å². The molecule has 0 fully saturated rings. The van der Waals surface area contributed by atoms with Crippen molar-refractivity contribution >= 4 is 5.97 Å². The van der Waals surface area contributed by atoms with Crippen LogP contribution in [0, 0.1) is 5.82 Å². The van der Waals surface area contributed by atoms with Gasteiger partial charge in [0, 0.05) is 12.1 Å². The lowest BCUT2D eigenvalue weighted by molar-refractivity contribution is -0.139. The number of carbonyl (C=O) groups is 1. The van der Waals surface area contributed by atoms with E-state index in [0.29, 0.717) is 6.20 Å². The van der Waals surface area contributed by atoms with Crippen molar-refractivity contribution in [3.63, 3.8) is 0 Å². The summed E-state index contributed by atoms with van der Waals surface area (Å²) < 4.78 is 42.9. The fourth-order valence-electron chi connectivity index (χ4n) is 1.40. The number of pyridine rings is 1. The van der Waals surface area contributed by atoms with Gasteiger partial charge in [-0.2, -0.15) is 0 Å². The minimum atomic E-state index is -2.87. The molecule has 0 saturated carbocycles. The fraction of sp³-hybridized carbons (Fsp3) is 0.400. The molecule has 1 aromatic heterocycles. The summed E-state index contributed by atoms with van der Waals surface area (Å²) in [6.45, 7) is -0.323. The van der Waals surface area contributed by atoms with Crippen molar-refractivity contribution in [2.45, 2.75) is 19.4 Å².